The van der Waals surface area contributed by atoms with Crippen molar-refractivity contribution < 1.29 is 10.0 Å². The average molecular weight is 251 g/mol. The third-order valence-electron chi connectivity index (χ3n) is 3.45. The molecule has 0 aliphatic carbocycles. The molecule has 1 aliphatic rings. The minimum atomic E-state index is -0.438. The van der Waals surface area contributed by atoms with Gasteiger partial charge in [-0.05, 0) is 25.8 Å². The number of hydrogen-bond donors (Lipinski definition) is 1. The van der Waals surface area contributed by atoms with E-state index in [2.05, 4.69) is 9.88 Å². The highest BCUT2D eigenvalue weighted by atomic mass is 16.6. The number of nitrogens with zero attached hydrogens (tertiary/aromatic N) is 3. The Kier molecular flexibility index (Phi) is 3.47. The van der Waals surface area contributed by atoms with Gasteiger partial charge in [-0.1, -0.05) is 0 Å². The Labute approximate surface area is 105 Å². The first-order chi connectivity index (χ1) is 8.49. The molecule has 1 N–H and O–H groups in total. The Morgan fingerprint density at radius 3 is 2.89 bits per heavy atom. The van der Waals surface area contributed by atoms with Gasteiger partial charge in [-0.2, -0.15) is 0 Å². The van der Waals surface area contributed by atoms with Gasteiger partial charge in [-0.3, -0.25) is 10.1 Å². The largest absolute Gasteiger partial charge is 0.393 e. The van der Waals surface area contributed by atoms with Crippen LogP contribution in [-0.4, -0.2) is 34.2 Å². The van der Waals surface area contributed by atoms with Crippen molar-refractivity contribution in [3.8, 4) is 0 Å². The molecule has 1 aliphatic heterocycles. The van der Waals surface area contributed by atoms with Crippen LogP contribution in [0.5, 0.6) is 0 Å². The molecule has 2 heterocycles. The molecule has 6 heteroatoms. The van der Waals surface area contributed by atoms with Crippen LogP contribution in [-0.2, 0) is 0 Å². The molecule has 98 valence electrons. The van der Waals surface area contributed by atoms with Crippen LogP contribution >= 0.6 is 0 Å². The van der Waals surface area contributed by atoms with Crippen LogP contribution < -0.4 is 4.90 Å². The minimum Gasteiger partial charge on any atom is -0.393 e. The monoisotopic (exact) mass is 251 g/mol. The second-order valence-electron chi connectivity index (χ2n) is 4.83. The summed E-state index contributed by atoms with van der Waals surface area (Å²) in [6.07, 6.45) is 1.89. The zero-order valence-electron chi connectivity index (χ0n) is 10.5. The van der Waals surface area contributed by atoms with Crippen molar-refractivity contribution in [2.75, 3.05) is 18.0 Å². The molecule has 2 atom stereocenters. The van der Waals surface area contributed by atoms with E-state index < -0.39 is 4.92 Å². The summed E-state index contributed by atoms with van der Waals surface area (Å²) in [7, 11) is 0. The summed E-state index contributed by atoms with van der Waals surface area (Å²) in [6.45, 7) is 5.21. The molecule has 0 saturated carbocycles. The van der Waals surface area contributed by atoms with E-state index in [1.54, 1.807) is 6.92 Å². The number of aliphatic hydroxyl groups excluding tert-OH is 1. The van der Waals surface area contributed by atoms with Crippen LogP contribution in [0, 0.1) is 23.0 Å². The van der Waals surface area contributed by atoms with Crippen molar-refractivity contribution in [1.29, 1.82) is 0 Å². The van der Waals surface area contributed by atoms with Gasteiger partial charge in [0.15, 0.2) is 0 Å². The number of nitro groups is 1. The van der Waals surface area contributed by atoms with Crippen LogP contribution in [0.2, 0.25) is 0 Å². The Bertz CT molecular complexity index is 462. The number of aryl methyl sites for hydroxylation is 1. The summed E-state index contributed by atoms with van der Waals surface area (Å²) < 4.78 is 0. The van der Waals surface area contributed by atoms with Crippen molar-refractivity contribution in [2.24, 2.45) is 5.92 Å². The van der Waals surface area contributed by atoms with Crippen LogP contribution in [0.3, 0.4) is 0 Å². The van der Waals surface area contributed by atoms with Gasteiger partial charge in [0.25, 0.3) is 5.69 Å². The first-order valence-electron chi connectivity index (χ1n) is 6.03. The van der Waals surface area contributed by atoms with Gasteiger partial charge in [0.1, 0.15) is 12.0 Å². The smallest absolute Gasteiger partial charge is 0.287 e. The van der Waals surface area contributed by atoms with Gasteiger partial charge in [0.05, 0.1) is 11.0 Å². The molecule has 0 bridgehead atoms. The van der Waals surface area contributed by atoms with Crippen molar-refractivity contribution >= 4 is 11.5 Å². The number of hydrogen-bond acceptors (Lipinski definition) is 5. The topological polar surface area (TPSA) is 79.5 Å². The number of pyridine rings is 1. The van der Waals surface area contributed by atoms with Gasteiger partial charge < -0.3 is 10.0 Å². The van der Waals surface area contributed by atoms with Gasteiger partial charge in [0.2, 0.25) is 0 Å². The molecule has 2 unspecified atom stereocenters. The summed E-state index contributed by atoms with van der Waals surface area (Å²) in [4.78, 5) is 16.5. The number of anilines is 1. The number of rotatable bonds is 3. The van der Waals surface area contributed by atoms with Gasteiger partial charge >= 0.3 is 0 Å². The zero-order chi connectivity index (χ0) is 13.3. The highest BCUT2D eigenvalue weighted by Gasteiger charge is 2.28. The van der Waals surface area contributed by atoms with Gasteiger partial charge in [-0.25, -0.2) is 4.98 Å². The molecule has 0 radical (unpaired) electrons. The zero-order valence-corrected chi connectivity index (χ0v) is 10.5. The van der Waals surface area contributed by atoms with Crippen LogP contribution in [0.1, 0.15) is 18.9 Å². The number of aromatic nitrogens is 1. The highest BCUT2D eigenvalue weighted by molar-refractivity contribution is 5.51. The second-order valence-corrected chi connectivity index (χ2v) is 4.83. The van der Waals surface area contributed by atoms with E-state index in [0.717, 1.165) is 30.9 Å². The Hall–Kier alpha value is -1.69. The first kappa shape index (κ1) is 12.8. The highest BCUT2D eigenvalue weighted by Crippen LogP contribution is 2.28. The van der Waals surface area contributed by atoms with E-state index in [4.69, 9.17) is 0 Å². The van der Waals surface area contributed by atoms with Crippen molar-refractivity contribution in [3.05, 3.63) is 27.9 Å². The van der Waals surface area contributed by atoms with E-state index in [9.17, 15) is 15.2 Å². The first-order valence-corrected chi connectivity index (χ1v) is 6.03. The lowest BCUT2D eigenvalue weighted by molar-refractivity contribution is -0.385. The molecule has 0 amide bonds. The van der Waals surface area contributed by atoms with Crippen molar-refractivity contribution in [1.82, 2.24) is 4.98 Å². The maximum absolute atomic E-state index is 10.6. The Balaban J connectivity index is 2.18. The van der Waals surface area contributed by atoms with Crippen molar-refractivity contribution in [3.63, 3.8) is 0 Å². The second kappa shape index (κ2) is 4.89. The van der Waals surface area contributed by atoms with E-state index >= 15 is 0 Å². The van der Waals surface area contributed by atoms with Gasteiger partial charge in [0, 0.05) is 25.1 Å². The predicted octanol–water partition coefficient (Wildman–Crippen LogP) is 1.51. The van der Waals surface area contributed by atoms with Gasteiger partial charge in [-0.15, -0.1) is 0 Å². The summed E-state index contributed by atoms with van der Waals surface area (Å²) in [5, 5.41) is 20.2. The third-order valence-corrected chi connectivity index (χ3v) is 3.45. The fourth-order valence-electron chi connectivity index (χ4n) is 2.36. The normalized spacial score (nSPS) is 21.1. The molecule has 18 heavy (non-hydrogen) atoms. The SMILES string of the molecule is Cc1cc([N+](=O)[O-])cnc1N1CCC(C(C)O)C1. The average Bonchev–Trinajstić information content (AvgIpc) is 2.78. The maximum atomic E-state index is 10.6. The molecule has 1 aromatic heterocycles. The molecular formula is C12H17N3O3. The number of aliphatic hydroxyl groups is 1. The fourth-order valence-corrected chi connectivity index (χ4v) is 2.36. The molecule has 1 aromatic rings. The van der Waals surface area contributed by atoms with Crippen LogP contribution in [0.25, 0.3) is 0 Å². The molecule has 6 nitrogen and oxygen atoms in total. The standard InChI is InChI=1S/C12H17N3O3/c1-8-5-11(15(17)18)6-13-12(8)14-4-3-10(7-14)9(2)16/h5-6,9-10,16H,3-4,7H2,1-2H3. The summed E-state index contributed by atoms with van der Waals surface area (Å²) in [5.74, 6) is 1.03. The minimum absolute atomic E-state index is 0.0162. The molecule has 0 aromatic carbocycles. The third kappa shape index (κ3) is 2.43. The lowest BCUT2D eigenvalue weighted by atomic mass is 10.0. The van der Waals surface area contributed by atoms with E-state index in [1.807, 2.05) is 6.92 Å². The lowest BCUT2D eigenvalue weighted by Crippen LogP contribution is -2.25. The maximum Gasteiger partial charge on any atom is 0.287 e. The quantitative estimate of drug-likeness (QED) is 0.650. The fraction of sp³-hybridized carbons (Fsp3) is 0.583. The predicted molar refractivity (Wildman–Crippen MR) is 67.6 cm³/mol. The summed E-state index contributed by atoms with van der Waals surface area (Å²) in [6, 6.07) is 1.54. The van der Waals surface area contributed by atoms with Crippen molar-refractivity contribution in [2.45, 2.75) is 26.4 Å². The Morgan fingerprint density at radius 1 is 1.67 bits per heavy atom. The molecule has 1 fully saturated rings. The Morgan fingerprint density at radius 2 is 2.39 bits per heavy atom. The summed E-state index contributed by atoms with van der Waals surface area (Å²) in [5.41, 5.74) is 0.818. The molecule has 0 spiro atoms. The molecular weight excluding hydrogens is 234 g/mol. The van der Waals surface area contributed by atoms with Crippen LogP contribution in [0.4, 0.5) is 11.5 Å². The van der Waals surface area contributed by atoms with E-state index in [1.165, 1.54) is 12.3 Å². The molecule has 2 rings (SSSR count). The van der Waals surface area contributed by atoms with Crippen LogP contribution in [0.15, 0.2) is 12.3 Å². The lowest BCUT2D eigenvalue weighted by Gasteiger charge is -2.20. The summed E-state index contributed by atoms with van der Waals surface area (Å²) >= 11 is 0. The van der Waals surface area contributed by atoms with E-state index in [0.29, 0.717) is 0 Å². The molecule has 1 saturated heterocycles. The van der Waals surface area contributed by atoms with E-state index in [-0.39, 0.29) is 17.7 Å².